The number of hydrazone groups is 1. The summed E-state index contributed by atoms with van der Waals surface area (Å²) < 4.78 is 13.2. The number of nitrogens with zero attached hydrogens (tertiary/aromatic N) is 2. The summed E-state index contributed by atoms with van der Waals surface area (Å²) in [6.45, 7) is 2.43. The van der Waals surface area contributed by atoms with Crippen LogP contribution in [0.4, 0.5) is 10.1 Å². The molecule has 0 radical (unpaired) electrons. The molecule has 0 fully saturated rings. The molecule has 0 aliphatic carbocycles. The molecule has 1 aliphatic rings. The summed E-state index contributed by atoms with van der Waals surface area (Å²) >= 11 is 6.13. The predicted molar refractivity (Wildman–Crippen MR) is 88.9 cm³/mol. The van der Waals surface area contributed by atoms with E-state index in [0.717, 1.165) is 28.9 Å². The zero-order valence-corrected chi connectivity index (χ0v) is 13.0. The lowest BCUT2D eigenvalue weighted by atomic mass is 10.0. The Morgan fingerprint density at radius 3 is 2.68 bits per heavy atom. The quantitative estimate of drug-likeness (QED) is 0.927. The topological polar surface area (TPSA) is 41.6 Å². The molecular formula is C17H17ClFN3. The van der Waals surface area contributed by atoms with Crippen LogP contribution in [0.3, 0.4) is 0 Å². The first kappa shape index (κ1) is 15.0. The largest absolute Gasteiger partial charge is 0.325 e. The highest BCUT2D eigenvalue weighted by molar-refractivity contribution is 6.30. The van der Waals surface area contributed by atoms with Gasteiger partial charge in [0.1, 0.15) is 5.82 Å². The molecule has 1 aliphatic heterocycles. The van der Waals surface area contributed by atoms with Gasteiger partial charge in [0.2, 0.25) is 0 Å². The molecule has 114 valence electrons. The standard InChI is InChI=1S/C17H17ClFN3/c1-11-2-5-13(18)8-16(11)22-17(9-15(10-20)21-22)12-3-6-14(19)7-4-12/h2-8,17H,9-10,20H2,1H3. The van der Waals surface area contributed by atoms with E-state index in [4.69, 9.17) is 17.3 Å². The zero-order chi connectivity index (χ0) is 15.7. The van der Waals surface area contributed by atoms with Gasteiger partial charge in [-0.05, 0) is 42.3 Å². The van der Waals surface area contributed by atoms with E-state index in [2.05, 4.69) is 5.10 Å². The van der Waals surface area contributed by atoms with Crippen molar-refractivity contribution in [2.45, 2.75) is 19.4 Å². The van der Waals surface area contributed by atoms with Gasteiger partial charge in [-0.15, -0.1) is 0 Å². The lowest BCUT2D eigenvalue weighted by Gasteiger charge is -2.25. The van der Waals surface area contributed by atoms with Gasteiger partial charge in [-0.2, -0.15) is 5.10 Å². The van der Waals surface area contributed by atoms with Gasteiger partial charge in [0, 0.05) is 18.0 Å². The Hall–Kier alpha value is -1.91. The van der Waals surface area contributed by atoms with Gasteiger partial charge < -0.3 is 5.73 Å². The van der Waals surface area contributed by atoms with Crippen LogP contribution in [0.2, 0.25) is 5.02 Å². The van der Waals surface area contributed by atoms with Crippen LogP contribution < -0.4 is 10.7 Å². The van der Waals surface area contributed by atoms with Crippen molar-refractivity contribution in [1.82, 2.24) is 0 Å². The molecule has 0 saturated heterocycles. The van der Waals surface area contributed by atoms with Crippen LogP contribution in [-0.2, 0) is 0 Å². The van der Waals surface area contributed by atoms with Gasteiger partial charge in [0.05, 0.1) is 17.4 Å². The Morgan fingerprint density at radius 1 is 1.27 bits per heavy atom. The molecular weight excluding hydrogens is 301 g/mol. The highest BCUT2D eigenvalue weighted by Crippen LogP contribution is 2.37. The zero-order valence-electron chi connectivity index (χ0n) is 12.3. The summed E-state index contributed by atoms with van der Waals surface area (Å²) in [5.74, 6) is -0.243. The van der Waals surface area contributed by atoms with Crippen molar-refractivity contribution < 1.29 is 4.39 Å². The smallest absolute Gasteiger partial charge is 0.123 e. The highest BCUT2D eigenvalue weighted by atomic mass is 35.5. The van der Waals surface area contributed by atoms with E-state index in [9.17, 15) is 4.39 Å². The maximum Gasteiger partial charge on any atom is 0.123 e. The minimum Gasteiger partial charge on any atom is -0.325 e. The Labute approximate surface area is 134 Å². The van der Waals surface area contributed by atoms with E-state index in [1.807, 2.05) is 30.1 Å². The average Bonchev–Trinajstić information content (AvgIpc) is 2.94. The van der Waals surface area contributed by atoms with Crippen LogP contribution in [-0.4, -0.2) is 12.3 Å². The van der Waals surface area contributed by atoms with Crippen LogP contribution in [0.25, 0.3) is 0 Å². The molecule has 0 bridgehead atoms. The molecule has 2 aromatic carbocycles. The molecule has 1 unspecified atom stereocenters. The fourth-order valence-electron chi connectivity index (χ4n) is 2.69. The number of hydrogen-bond acceptors (Lipinski definition) is 3. The van der Waals surface area contributed by atoms with E-state index in [1.165, 1.54) is 12.1 Å². The predicted octanol–water partition coefficient (Wildman–Crippen LogP) is 4.05. The summed E-state index contributed by atoms with van der Waals surface area (Å²) in [7, 11) is 0. The summed E-state index contributed by atoms with van der Waals surface area (Å²) in [5.41, 5.74) is 9.73. The van der Waals surface area contributed by atoms with Gasteiger partial charge in [-0.1, -0.05) is 29.8 Å². The van der Waals surface area contributed by atoms with Gasteiger partial charge >= 0.3 is 0 Å². The molecule has 5 heteroatoms. The highest BCUT2D eigenvalue weighted by Gasteiger charge is 2.29. The first-order valence-corrected chi connectivity index (χ1v) is 7.53. The van der Waals surface area contributed by atoms with Gasteiger partial charge in [-0.3, -0.25) is 5.01 Å². The Kier molecular flexibility index (Phi) is 4.14. The molecule has 0 aromatic heterocycles. The van der Waals surface area contributed by atoms with Crippen molar-refractivity contribution in [2.75, 3.05) is 11.6 Å². The van der Waals surface area contributed by atoms with Crippen LogP contribution >= 0.6 is 11.6 Å². The van der Waals surface area contributed by atoms with Crippen molar-refractivity contribution >= 4 is 23.0 Å². The SMILES string of the molecule is Cc1ccc(Cl)cc1N1N=C(CN)CC1c1ccc(F)cc1. The molecule has 0 saturated carbocycles. The first-order valence-electron chi connectivity index (χ1n) is 7.16. The second-order valence-corrected chi connectivity index (χ2v) is 5.85. The van der Waals surface area contributed by atoms with Crippen molar-refractivity contribution in [2.24, 2.45) is 10.8 Å². The molecule has 1 heterocycles. The molecule has 3 rings (SSSR count). The van der Waals surface area contributed by atoms with E-state index in [-0.39, 0.29) is 11.9 Å². The van der Waals surface area contributed by atoms with Crippen molar-refractivity contribution in [3.05, 3.63) is 64.4 Å². The number of rotatable bonds is 3. The molecule has 1 atom stereocenters. The maximum absolute atomic E-state index is 13.2. The normalized spacial score (nSPS) is 17.7. The number of aryl methyl sites for hydroxylation is 1. The molecule has 3 nitrogen and oxygen atoms in total. The summed E-state index contributed by atoms with van der Waals surface area (Å²) in [4.78, 5) is 0. The average molecular weight is 318 g/mol. The van der Waals surface area contributed by atoms with Gasteiger partial charge in [-0.25, -0.2) is 4.39 Å². The molecule has 0 spiro atoms. The second kappa shape index (κ2) is 6.07. The van der Waals surface area contributed by atoms with Crippen molar-refractivity contribution in [1.29, 1.82) is 0 Å². The third-order valence-electron chi connectivity index (χ3n) is 3.88. The number of anilines is 1. The fraction of sp³-hybridized carbons (Fsp3) is 0.235. The van der Waals surface area contributed by atoms with Gasteiger partial charge in [0.25, 0.3) is 0 Å². The summed E-state index contributed by atoms with van der Waals surface area (Å²) in [5, 5.41) is 7.23. The van der Waals surface area contributed by atoms with E-state index >= 15 is 0 Å². The number of halogens is 2. The van der Waals surface area contributed by atoms with E-state index in [1.54, 1.807) is 12.1 Å². The third-order valence-corrected chi connectivity index (χ3v) is 4.12. The minimum absolute atomic E-state index is 0.0105. The van der Waals surface area contributed by atoms with E-state index in [0.29, 0.717) is 11.6 Å². The Morgan fingerprint density at radius 2 is 2.00 bits per heavy atom. The number of benzene rings is 2. The van der Waals surface area contributed by atoms with Crippen LogP contribution in [0.15, 0.2) is 47.6 Å². The van der Waals surface area contributed by atoms with Crippen molar-refractivity contribution in [3.63, 3.8) is 0 Å². The Balaban J connectivity index is 2.03. The first-order chi connectivity index (χ1) is 10.6. The van der Waals surface area contributed by atoms with Crippen molar-refractivity contribution in [3.8, 4) is 0 Å². The molecule has 2 aromatic rings. The second-order valence-electron chi connectivity index (χ2n) is 5.42. The molecule has 0 amide bonds. The maximum atomic E-state index is 13.2. The third kappa shape index (κ3) is 2.85. The number of nitrogens with two attached hydrogens (primary N) is 1. The van der Waals surface area contributed by atoms with Crippen LogP contribution in [0.1, 0.15) is 23.6 Å². The van der Waals surface area contributed by atoms with Crippen LogP contribution in [0, 0.1) is 12.7 Å². The summed E-state index contributed by atoms with van der Waals surface area (Å²) in [6.07, 6.45) is 0.730. The summed E-state index contributed by atoms with van der Waals surface area (Å²) in [6, 6.07) is 12.3. The molecule has 22 heavy (non-hydrogen) atoms. The fourth-order valence-corrected chi connectivity index (χ4v) is 2.86. The van der Waals surface area contributed by atoms with Gasteiger partial charge in [0.15, 0.2) is 0 Å². The number of hydrogen-bond donors (Lipinski definition) is 1. The lowest BCUT2D eigenvalue weighted by Crippen LogP contribution is -2.19. The minimum atomic E-state index is -0.243. The van der Waals surface area contributed by atoms with E-state index < -0.39 is 0 Å². The Bertz CT molecular complexity index is 712. The van der Waals surface area contributed by atoms with Crippen LogP contribution in [0.5, 0.6) is 0 Å². The monoisotopic (exact) mass is 317 g/mol. The molecule has 2 N–H and O–H groups in total. The lowest BCUT2D eigenvalue weighted by molar-refractivity contribution is 0.624.